The molecule has 0 N–H and O–H groups in total. The van der Waals surface area contributed by atoms with Gasteiger partial charge in [-0.2, -0.15) is 15.8 Å². The second-order valence-electron chi connectivity index (χ2n) is 13.5. The van der Waals surface area contributed by atoms with Gasteiger partial charge in [0.1, 0.15) is 12.1 Å². The molecule has 0 spiro atoms. The van der Waals surface area contributed by atoms with Crippen molar-refractivity contribution in [3.05, 3.63) is 162 Å². The fourth-order valence-corrected chi connectivity index (χ4v) is 8.52. The molecule has 10 rings (SSSR count). The van der Waals surface area contributed by atoms with Crippen LogP contribution < -0.4 is 0 Å². The van der Waals surface area contributed by atoms with E-state index in [9.17, 15) is 15.8 Å². The van der Waals surface area contributed by atoms with Crippen molar-refractivity contribution in [2.45, 2.75) is 12.3 Å². The van der Waals surface area contributed by atoms with Crippen molar-refractivity contribution in [1.82, 2.24) is 9.13 Å². The third-order valence-corrected chi connectivity index (χ3v) is 10.9. The number of aromatic nitrogens is 2. The number of nitriles is 3. The second-order valence-corrected chi connectivity index (χ2v) is 13.5. The number of allylic oxidation sites excluding steroid dienone is 1. The molecule has 1 fully saturated rings. The quantitative estimate of drug-likeness (QED) is 0.190. The molecule has 0 aliphatic heterocycles. The maximum absolute atomic E-state index is 10.6. The highest BCUT2D eigenvalue weighted by atomic mass is 15.0. The van der Waals surface area contributed by atoms with Crippen LogP contribution in [0.15, 0.2) is 140 Å². The summed E-state index contributed by atoms with van der Waals surface area (Å²) in [6.45, 7) is 0. The number of para-hydroxylation sites is 4. The Kier molecular flexibility index (Phi) is 6.04. The number of benzene rings is 6. The molecule has 5 nitrogen and oxygen atoms in total. The summed E-state index contributed by atoms with van der Waals surface area (Å²) in [5, 5.41) is 34.1. The lowest BCUT2D eigenvalue weighted by Gasteiger charge is -2.20. The third kappa shape index (κ3) is 4.00. The van der Waals surface area contributed by atoms with Gasteiger partial charge in [0.05, 0.1) is 50.5 Å². The first-order chi connectivity index (χ1) is 25.2. The molecule has 5 heteroatoms. The number of hydrogen-bond donors (Lipinski definition) is 0. The molecule has 51 heavy (non-hydrogen) atoms. The topological polar surface area (TPSA) is 81.2 Å². The van der Waals surface area contributed by atoms with Gasteiger partial charge in [0.15, 0.2) is 0 Å². The fraction of sp³-hybridized carbons (Fsp3) is 0.0652. The lowest BCUT2D eigenvalue weighted by Crippen LogP contribution is -2.07. The smallest absolute Gasteiger partial charge is 0.101 e. The Bertz CT molecular complexity index is 2950. The normalized spacial score (nSPS) is 17.1. The van der Waals surface area contributed by atoms with E-state index in [1.165, 1.54) is 5.56 Å². The van der Waals surface area contributed by atoms with Crippen molar-refractivity contribution in [3.8, 4) is 51.8 Å². The van der Waals surface area contributed by atoms with Crippen LogP contribution >= 0.6 is 0 Å². The zero-order chi connectivity index (χ0) is 34.3. The van der Waals surface area contributed by atoms with E-state index in [1.807, 2.05) is 48.5 Å². The molecule has 0 saturated heterocycles. The number of nitrogens with zero attached hydrogens (tertiary/aromatic N) is 5. The van der Waals surface area contributed by atoms with Gasteiger partial charge >= 0.3 is 0 Å². The molecule has 8 aromatic rings. The third-order valence-electron chi connectivity index (χ3n) is 10.9. The van der Waals surface area contributed by atoms with Crippen LogP contribution in [0.25, 0.3) is 72.4 Å². The summed E-state index contributed by atoms with van der Waals surface area (Å²) in [6.07, 6.45) is 4.97. The van der Waals surface area contributed by atoms with E-state index >= 15 is 0 Å². The highest BCUT2D eigenvalue weighted by Gasteiger charge is 2.57. The molecule has 2 heterocycles. The summed E-state index contributed by atoms with van der Waals surface area (Å²) in [5.41, 5.74) is 11.7. The van der Waals surface area contributed by atoms with Gasteiger partial charge in [-0.3, -0.25) is 0 Å². The van der Waals surface area contributed by atoms with Gasteiger partial charge in [-0.15, -0.1) is 0 Å². The molecule has 1 saturated carbocycles. The van der Waals surface area contributed by atoms with Crippen LogP contribution in [-0.2, 0) is 0 Å². The van der Waals surface area contributed by atoms with Crippen LogP contribution in [0, 0.1) is 39.4 Å². The first-order valence-corrected chi connectivity index (χ1v) is 17.1. The molecule has 2 aromatic heterocycles. The summed E-state index contributed by atoms with van der Waals surface area (Å²) < 4.78 is 4.43. The number of hydrogen-bond acceptors (Lipinski definition) is 3. The lowest BCUT2D eigenvalue weighted by molar-refractivity contribution is 0.815. The molecule has 0 radical (unpaired) electrons. The van der Waals surface area contributed by atoms with E-state index in [1.54, 1.807) is 0 Å². The Hall–Kier alpha value is -7.13. The van der Waals surface area contributed by atoms with Crippen LogP contribution in [0.2, 0.25) is 0 Å². The first kappa shape index (κ1) is 28.8. The van der Waals surface area contributed by atoms with Gasteiger partial charge < -0.3 is 9.13 Å². The summed E-state index contributed by atoms with van der Waals surface area (Å²) in [5.74, 6) is 0.142. The molecular weight excluding hydrogens is 623 g/mol. The van der Waals surface area contributed by atoms with Gasteiger partial charge in [-0.05, 0) is 71.1 Å². The molecule has 2 unspecified atom stereocenters. The minimum absolute atomic E-state index is 0.142. The standard InChI is InChI=1S/C46H27N5/c47-26-30-11-9-19-37-35-16-3-5-20-40(35)50(44(30)37)32-13-7-10-29(24-32)33-14-1-2-15-34(33)36-18-8-12-31(27-48)45(36)51-41-21-6-4-17-38(41)43-39-25-46(39,28-49)23-22-42(43)51/h1-24,39H,25H2. The van der Waals surface area contributed by atoms with E-state index in [0.29, 0.717) is 11.1 Å². The first-order valence-electron chi connectivity index (χ1n) is 17.1. The van der Waals surface area contributed by atoms with E-state index in [0.717, 1.165) is 78.5 Å². The van der Waals surface area contributed by atoms with E-state index in [2.05, 4.69) is 124 Å². The maximum atomic E-state index is 10.6. The summed E-state index contributed by atoms with van der Waals surface area (Å²) in [4.78, 5) is 0. The Morgan fingerprint density at radius 1 is 0.588 bits per heavy atom. The zero-order valence-electron chi connectivity index (χ0n) is 27.4. The minimum Gasteiger partial charge on any atom is -0.308 e. The molecule has 0 amide bonds. The maximum Gasteiger partial charge on any atom is 0.101 e. The monoisotopic (exact) mass is 649 g/mol. The van der Waals surface area contributed by atoms with Crippen molar-refractivity contribution in [3.63, 3.8) is 0 Å². The van der Waals surface area contributed by atoms with Crippen molar-refractivity contribution in [1.29, 1.82) is 15.8 Å². The average molecular weight is 650 g/mol. The van der Waals surface area contributed by atoms with Crippen molar-refractivity contribution < 1.29 is 0 Å². The SMILES string of the molecule is N#Cc1cccc(-c2ccccc2-c2cccc(-n3c4ccccc4c4cccc(C#N)c43)c2)c1-n1c2c(c3ccccc31)C1CC1(C#N)C=C2. The van der Waals surface area contributed by atoms with Crippen molar-refractivity contribution in [2.24, 2.45) is 5.41 Å². The molecular formula is C46H27N5. The van der Waals surface area contributed by atoms with Gasteiger partial charge in [0.2, 0.25) is 0 Å². The predicted octanol–water partition coefficient (Wildman–Crippen LogP) is 10.8. The van der Waals surface area contributed by atoms with E-state index in [-0.39, 0.29) is 5.92 Å². The summed E-state index contributed by atoms with van der Waals surface area (Å²) in [6, 6.07) is 52.9. The lowest BCUT2D eigenvalue weighted by atomic mass is 9.91. The minimum atomic E-state index is -0.443. The number of fused-ring (bicyclic) bond motifs is 8. The molecule has 2 aliphatic carbocycles. The van der Waals surface area contributed by atoms with Gasteiger partial charge in [0, 0.05) is 33.3 Å². The molecule has 2 atom stereocenters. The Balaban J connectivity index is 1.21. The molecule has 0 bridgehead atoms. The Labute approximate surface area is 294 Å². The largest absolute Gasteiger partial charge is 0.308 e. The highest BCUT2D eigenvalue weighted by molar-refractivity contribution is 6.11. The average Bonchev–Trinajstić information content (AvgIpc) is 3.72. The van der Waals surface area contributed by atoms with Crippen LogP contribution in [0.5, 0.6) is 0 Å². The fourth-order valence-electron chi connectivity index (χ4n) is 8.52. The summed E-state index contributed by atoms with van der Waals surface area (Å²) >= 11 is 0. The Morgan fingerprint density at radius 2 is 1.24 bits per heavy atom. The van der Waals surface area contributed by atoms with Crippen molar-refractivity contribution in [2.75, 3.05) is 0 Å². The van der Waals surface area contributed by atoms with Gasteiger partial charge in [-0.25, -0.2) is 0 Å². The molecule has 6 aromatic carbocycles. The van der Waals surface area contributed by atoms with Crippen molar-refractivity contribution >= 4 is 38.8 Å². The highest BCUT2D eigenvalue weighted by Crippen LogP contribution is 2.65. The van der Waals surface area contributed by atoms with Gasteiger partial charge in [-0.1, -0.05) is 103 Å². The van der Waals surface area contributed by atoms with Gasteiger partial charge in [0.25, 0.3) is 0 Å². The van der Waals surface area contributed by atoms with E-state index < -0.39 is 5.41 Å². The molecule has 236 valence electrons. The van der Waals surface area contributed by atoms with Crippen LogP contribution in [-0.4, -0.2) is 9.13 Å². The number of rotatable bonds is 4. The van der Waals surface area contributed by atoms with E-state index in [4.69, 9.17) is 0 Å². The van der Waals surface area contributed by atoms with Crippen LogP contribution in [0.1, 0.15) is 34.7 Å². The van der Waals surface area contributed by atoms with Crippen LogP contribution in [0.3, 0.4) is 0 Å². The zero-order valence-corrected chi connectivity index (χ0v) is 27.4. The summed E-state index contributed by atoms with van der Waals surface area (Å²) in [7, 11) is 0. The Morgan fingerprint density at radius 3 is 2.04 bits per heavy atom. The molecule has 2 aliphatic rings. The van der Waals surface area contributed by atoms with Crippen LogP contribution in [0.4, 0.5) is 0 Å². The second kappa shape index (κ2) is 10.7. The predicted molar refractivity (Wildman–Crippen MR) is 202 cm³/mol.